The van der Waals surface area contributed by atoms with Crippen LogP contribution in [0.15, 0.2) is 72.8 Å². The fourth-order valence-corrected chi connectivity index (χ4v) is 4.78. The van der Waals surface area contributed by atoms with Gasteiger partial charge in [0.1, 0.15) is 11.7 Å². The van der Waals surface area contributed by atoms with Crippen LogP contribution in [0.25, 0.3) is 0 Å². The number of methoxy groups -OCH3 is 1. The molecule has 0 N–H and O–H groups in total. The van der Waals surface area contributed by atoms with E-state index in [1.807, 2.05) is 30.3 Å². The Bertz CT molecular complexity index is 1190. The number of ether oxygens (including phenoxy) is 1. The average molecular weight is 469 g/mol. The van der Waals surface area contributed by atoms with Crippen molar-refractivity contribution in [3.05, 3.63) is 88.4 Å². The van der Waals surface area contributed by atoms with E-state index in [9.17, 15) is 9.59 Å². The van der Waals surface area contributed by atoms with Crippen LogP contribution in [0.1, 0.15) is 11.6 Å². The summed E-state index contributed by atoms with van der Waals surface area (Å²) in [5.74, 6) is -0.910. The molecule has 2 amide bonds. The Morgan fingerprint density at radius 3 is 2.25 bits per heavy atom. The summed E-state index contributed by atoms with van der Waals surface area (Å²) in [6, 6.07) is 20.6. The van der Waals surface area contributed by atoms with E-state index in [0.29, 0.717) is 27.0 Å². The molecule has 0 spiro atoms. The highest BCUT2D eigenvalue weighted by Crippen LogP contribution is 2.49. The first-order chi connectivity index (χ1) is 15.5. The lowest BCUT2D eigenvalue weighted by molar-refractivity contribution is -0.126. The lowest BCUT2D eigenvalue weighted by atomic mass is 9.90. The number of nitrogens with zero attached hydrogens (tertiary/aromatic N) is 2. The number of hydroxylamine groups is 1. The zero-order valence-corrected chi connectivity index (χ0v) is 18.5. The molecule has 0 saturated carbocycles. The van der Waals surface area contributed by atoms with E-state index in [4.69, 9.17) is 32.8 Å². The Balaban J connectivity index is 1.58. The van der Waals surface area contributed by atoms with E-state index in [1.54, 1.807) is 54.6 Å². The summed E-state index contributed by atoms with van der Waals surface area (Å²) in [6.45, 7) is 0. The molecule has 3 aromatic carbocycles. The Labute approximate surface area is 194 Å². The van der Waals surface area contributed by atoms with Gasteiger partial charge in [-0.15, -0.1) is 0 Å². The van der Waals surface area contributed by atoms with Gasteiger partial charge in [0, 0.05) is 10.0 Å². The fraction of sp³-hybridized carbons (Fsp3) is 0.167. The molecule has 2 heterocycles. The maximum absolute atomic E-state index is 13.6. The van der Waals surface area contributed by atoms with E-state index >= 15 is 0 Å². The van der Waals surface area contributed by atoms with Gasteiger partial charge in [0.2, 0.25) is 5.91 Å². The molecule has 0 aromatic heterocycles. The smallest absolute Gasteiger partial charge is 0.266 e. The SMILES string of the molecule is COc1ccc(N2C(=O)[C@H]3[C@@H](c4ccc(Cl)cc4Cl)N(c4ccccc4)O[C@H]3C2=O)cc1. The second-order valence-corrected chi connectivity index (χ2v) is 8.38. The highest BCUT2D eigenvalue weighted by atomic mass is 35.5. The fourth-order valence-electron chi connectivity index (χ4n) is 4.26. The molecule has 5 rings (SSSR count). The molecular weight excluding hydrogens is 451 g/mol. The van der Waals surface area contributed by atoms with Crippen LogP contribution in [0.3, 0.4) is 0 Å². The third-order valence-corrected chi connectivity index (χ3v) is 6.30. The van der Waals surface area contributed by atoms with Crippen LogP contribution in [0.4, 0.5) is 11.4 Å². The van der Waals surface area contributed by atoms with Crippen LogP contribution in [0, 0.1) is 5.92 Å². The highest BCUT2D eigenvalue weighted by Gasteiger charge is 2.60. The molecule has 2 saturated heterocycles. The summed E-state index contributed by atoms with van der Waals surface area (Å²) < 4.78 is 5.18. The second-order valence-electron chi connectivity index (χ2n) is 7.53. The Hall–Kier alpha value is -3.06. The Morgan fingerprint density at radius 2 is 1.59 bits per heavy atom. The highest BCUT2D eigenvalue weighted by molar-refractivity contribution is 6.35. The number of anilines is 2. The third-order valence-electron chi connectivity index (χ3n) is 5.74. The van der Waals surface area contributed by atoms with E-state index in [0.717, 1.165) is 5.69 Å². The number of benzene rings is 3. The molecule has 0 bridgehead atoms. The number of fused-ring (bicyclic) bond motifs is 1. The van der Waals surface area contributed by atoms with Gasteiger partial charge in [-0.25, -0.2) is 9.96 Å². The van der Waals surface area contributed by atoms with Crippen molar-refractivity contribution in [3.63, 3.8) is 0 Å². The molecule has 0 radical (unpaired) electrons. The number of carbonyl (C=O) groups is 2. The predicted octanol–water partition coefficient (Wildman–Crippen LogP) is 5.05. The quantitative estimate of drug-likeness (QED) is 0.501. The van der Waals surface area contributed by atoms with Crippen molar-refractivity contribution in [2.24, 2.45) is 5.92 Å². The van der Waals surface area contributed by atoms with E-state index < -0.39 is 24.0 Å². The van der Waals surface area contributed by atoms with E-state index in [2.05, 4.69) is 0 Å². The lowest BCUT2D eigenvalue weighted by Gasteiger charge is -2.29. The van der Waals surface area contributed by atoms with Crippen LogP contribution < -0.4 is 14.7 Å². The maximum Gasteiger partial charge on any atom is 0.266 e. The minimum Gasteiger partial charge on any atom is -0.497 e. The predicted molar refractivity (Wildman–Crippen MR) is 122 cm³/mol. The lowest BCUT2D eigenvalue weighted by Crippen LogP contribution is -2.37. The van der Waals surface area contributed by atoms with Crippen LogP contribution >= 0.6 is 23.2 Å². The van der Waals surface area contributed by atoms with Crippen molar-refractivity contribution in [3.8, 4) is 5.75 Å². The van der Waals surface area contributed by atoms with Gasteiger partial charge in [0.15, 0.2) is 6.10 Å². The molecule has 6 nitrogen and oxygen atoms in total. The first-order valence-electron chi connectivity index (χ1n) is 9.97. The number of imide groups is 1. The molecule has 2 aliphatic heterocycles. The Morgan fingerprint density at radius 1 is 0.875 bits per heavy atom. The van der Waals surface area contributed by atoms with Gasteiger partial charge in [0.05, 0.1) is 24.5 Å². The van der Waals surface area contributed by atoms with E-state index in [-0.39, 0.29) is 5.91 Å². The van der Waals surface area contributed by atoms with Gasteiger partial charge < -0.3 is 4.74 Å². The largest absolute Gasteiger partial charge is 0.497 e. The number of rotatable bonds is 4. The minimum absolute atomic E-state index is 0.348. The summed E-state index contributed by atoms with van der Waals surface area (Å²) >= 11 is 12.6. The number of para-hydroxylation sites is 1. The standard InChI is InChI=1S/C24H18Cl2N2O4/c1-31-17-10-8-15(9-11-17)27-23(29)20-21(18-12-7-14(25)13-19(18)26)28(32-22(20)24(27)30)16-5-3-2-4-6-16/h2-13,20-22H,1H3/t20-,21+,22+/m0/s1. The van der Waals surface area contributed by atoms with Crippen molar-refractivity contribution < 1.29 is 19.2 Å². The number of carbonyl (C=O) groups excluding carboxylic acids is 2. The third kappa shape index (κ3) is 3.32. The first-order valence-corrected chi connectivity index (χ1v) is 10.7. The number of hydrogen-bond acceptors (Lipinski definition) is 5. The molecule has 2 aliphatic rings. The van der Waals surface area contributed by atoms with Crippen molar-refractivity contribution in [2.45, 2.75) is 12.1 Å². The molecule has 0 unspecified atom stereocenters. The number of hydrogen-bond donors (Lipinski definition) is 0. The maximum atomic E-state index is 13.6. The molecule has 3 atom stereocenters. The van der Waals surface area contributed by atoms with Crippen LogP contribution in [-0.2, 0) is 14.4 Å². The van der Waals surface area contributed by atoms with Crippen LogP contribution in [0.2, 0.25) is 10.0 Å². The Kier molecular flexibility index (Phi) is 5.29. The van der Waals surface area contributed by atoms with Crippen molar-refractivity contribution in [1.29, 1.82) is 0 Å². The van der Waals surface area contributed by atoms with Gasteiger partial charge in [-0.1, -0.05) is 47.5 Å². The summed E-state index contributed by atoms with van der Waals surface area (Å²) in [4.78, 5) is 34.2. The minimum atomic E-state index is -0.971. The van der Waals surface area contributed by atoms with Gasteiger partial charge in [-0.05, 0) is 54.1 Å². The molecule has 8 heteroatoms. The second kappa shape index (κ2) is 8.13. The monoisotopic (exact) mass is 468 g/mol. The van der Waals surface area contributed by atoms with Crippen LogP contribution in [0.5, 0.6) is 5.75 Å². The normalized spacial score (nSPS) is 22.4. The summed E-state index contributed by atoms with van der Waals surface area (Å²) in [7, 11) is 1.55. The number of amides is 2. The van der Waals surface area contributed by atoms with Crippen LogP contribution in [-0.4, -0.2) is 25.0 Å². The topological polar surface area (TPSA) is 59.1 Å². The average Bonchev–Trinajstić information content (AvgIpc) is 3.30. The molecule has 2 fully saturated rings. The van der Waals surface area contributed by atoms with Gasteiger partial charge in [-0.2, -0.15) is 0 Å². The zero-order valence-electron chi connectivity index (χ0n) is 16.9. The number of halogens is 2. The van der Waals surface area contributed by atoms with Crippen molar-refractivity contribution in [1.82, 2.24) is 0 Å². The van der Waals surface area contributed by atoms with Crippen molar-refractivity contribution in [2.75, 3.05) is 17.1 Å². The molecule has 0 aliphatic carbocycles. The van der Waals surface area contributed by atoms with Gasteiger partial charge in [-0.3, -0.25) is 14.4 Å². The summed E-state index contributed by atoms with van der Waals surface area (Å²) in [5, 5.41) is 2.48. The van der Waals surface area contributed by atoms with Gasteiger partial charge in [0.25, 0.3) is 5.91 Å². The van der Waals surface area contributed by atoms with Crippen molar-refractivity contribution >= 4 is 46.4 Å². The molecule has 162 valence electrons. The first kappa shape index (κ1) is 20.8. The molecular formula is C24H18Cl2N2O4. The summed E-state index contributed by atoms with van der Waals surface area (Å²) in [6.07, 6.45) is -0.971. The van der Waals surface area contributed by atoms with E-state index in [1.165, 1.54) is 4.90 Å². The van der Waals surface area contributed by atoms with Gasteiger partial charge >= 0.3 is 0 Å². The molecule has 32 heavy (non-hydrogen) atoms. The molecule has 3 aromatic rings. The zero-order chi connectivity index (χ0) is 22.4. The summed E-state index contributed by atoms with van der Waals surface area (Å²) in [5.41, 5.74) is 1.84.